The molecule has 0 spiro atoms. The number of hydrazone groups is 1. The van der Waals surface area contributed by atoms with Gasteiger partial charge in [-0.25, -0.2) is 5.43 Å². The SMILES string of the molecule is CN(C)c1ccc(C=NNC(=O)C2CCCNC2=O)cc1. The van der Waals surface area contributed by atoms with Gasteiger partial charge in [0.2, 0.25) is 5.91 Å². The Morgan fingerprint density at radius 3 is 2.71 bits per heavy atom. The molecule has 21 heavy (non-hydrogen) atoms. The minimum Gasteiger partial charge on any atom is -0.378 e. The highest BCUT2D eigenvalue weighted by Crippen LogP contribution is 2.12. The molecular formula is C15H20N4O2. The summed E-state index contributed by atoms with van der Waals surface area (Å²) >= 11 is 0. The lowest BCUT2D eigenvalue weighted by Crippen LogP contribution is -2.43. The molecule has 1 aromatic rings. The molecule has 2 rings (SSSR count). The highest BCUT2D eigenvalue weighted by molar-refractivity contribution is 6.00. The predicted octanol–water partition coefficient (Wildman–Crippen LogP) is 0.729. The molecular weight excluding hydrogens is 268 g/mol. The average molecular weight is 288 g/mol. The first-order valence-corrected chi connectivity index (χ1v) is 6.96. The Kier molecular flexibility index (Phi) is 4.92. The van der Waals surface area contributed by atoms with Crippen LogP contribution in [-0.2, 0) is 9.59 Å². The molecule has 0 radical (unpaired) electrons. The van der Waals surface area contributed by atoms with Crippen molar-refractivity contribution in [3.05, 3.63) is 29.8 Å². The summed E-state index contributed by atoms with van der Waals surface area (Å²) in [4.78, 5) is 25.4. The van der Waals surface area contributed by atoms with E-state index < -0.39 is 5.92 Å². The fraction of sp³-hybridized carbons (Fsp3) is 0.400. The van der Waals surface area contributed by atoms with E-state index in [4.69, 9.17) is 0 Å². The average Bonchev–Trinajstić information content (AvgIpc) is 2.48. The zero-order valence-electron chi connectivity index (χ0n) is 12.3. The van der Waals surface area contributed by atoms with E-state index in [1.807, 2.05) is 43.3 Å². The van der Waals surface area contributed by atoms with E-state index in [1.165, 1.54) is 0 Å². The monoisotopic (exact) mass is 288 g/mol. The molecule has 112 valence electrons. The second kappa shape index (κ2) is 6.88. The van der Waals surface area contributed by atoms with Gasteiger partial charge < -0.3 is 10.2 Å². The molecule has 0 aliphatic carbocycles. The van der Waals surface area contributed by atoms with Crippen molar-refractivity contribution in [1.29, 1.82) is 0 Å². The quantitative estimate of drug-likeness (QED) is 0.487. The number of benzene rings is 1. The summed E-state index contributed by atoms with van der Waals surface area (Å²) < 4.78 is 0. The Hall–Kier alpha value is -2.37. The normalized spacial score (nSPS) is 18.4. The third kappa shape index (κ3) is 4.05. The topological polar surface area (TPSA) is 73.8 Å². The number of piperidine rings is 1. The summed E-state index contributed by atoms with van der Waals surface area (Å²) in [7, 11) is 3.94. The van der Waals surface area contributed by atoms with E-state index in [-0.39, 0.29) is 11.8 Å². The molecule has 0 aromatic heterocycles. The number of rotatable bonds is 4. The van der Waals surface area contributed by atoms with Crippen molar-refractivity contribution in [3.8, 4) is 0 Å². The molecule has 1 atom stereocenters. The van der Waals surface area contributed by atoms with Crippen molar-refractivity contribution in [1.82, 2.24) is 10.7 Å². The van der Waals surface area contributed by atoms with Crippen LogP contribution in [0.15, 0.2) is 29.4 Å². The van der Waals surface area contributed by atoms with E-state index in [9.17, 15) is 9.59 Å². The Morgan fingerprint density at radius 2 is 2.10 bits per heavy atom. The molecule has 0 bridgehead atoms. The lowest BCUT2D eigenvalue weighted by molar-refractivity contribution is -0.136. The van der Waals surface area contributed by atoms with E-state index in [1.54, 1.807) is 6.21 Å². The third-order valence-electron chi connectivity index (χ3n) is 3.40. The van der Waals surface area contributed by atoms with Gasteiger partial charge in [-0.1, -0.05) is 12.1 Å². The molecule has 1 heterocycles. The molecule has 1 aliphatic rings. The van der Waals surface area contributed by atoms with Gasteiger partial charge in [-0.05, 0) is 30.5 Å². The first-order valence-electron chi connectivity index (χ1n) is 6.96. The van der Waals surface area contributed by atoms with Crippen LogP contribution in [0.1, 0.15) is 18.4 Å². The Bertz CT molecular complexity index is 537. The summed E-state index contributed by atoms with van der Waals surface area (Å²) in [6.07, 6.45) is 2.96. The van der Waals surface area contributed by atoms with Gasteiger partial charge in [0.25, 0.3) is 5.91 Å². The van der Waals surface area contributed by atoms with Gasteiger partial charge in [-0.15, -0.1) is 0 Å². The van der Waals surface area contributed by atoms with Crippen LogP contribution in [0.5, 0.6) is 0 Å². The number of hydrogen-bond acceptors (Lipinski definition) is 4. The molecule has 6 heteroatoms. The van der Waals surface area contributed by atoms with Crippen LogP contribution in [0.3, 0.4) is 0 Å². The van der Waals surface area contributed by atoms with Gasteiger partial charge in [0.15, 0.2) is 0 Å². The van der Waals surface area contributed by atoms with Gasteiger partial charge in [0.05, 0.1) is 6.21 Å². The van der Waals surface area contributed by atoms with Gasteiger partial charge in [0, 0.05) is 26.3 Å². The maximum absolute atomic E-state index is 11.8. The Morgan fingerprint density at radius 1 is 1.38 bits per heavy atom. The second-order valence-corrected chi connectivity index (χ2v) is 5.21. The largest absolute Gasteiger partial charge is 0.378 e. The highest BCUT2D eigenvalue weighted by Gasteiger charge is 2.28. The van der Waals surface area contributed by atoms with Crippen molar-refractivity contribution in [2.75, 3.05) is 25.5 Å². The first kappa shape index (κ1) is 15.0. The summed E-state index contributed by atoms with van der Waals surface area (Å²) in [6, 6.07) is 7.77. The highest BCUT2D eigenvalue weighted by atomic mass is 16.2. The van der Waals surface area contributed by atoms with Crippen molar-refractivity contribution in [3.63, 3.8) is 0 Å². The van der Waals surface area contributed by atoms with Crippen LogP contribution in [0.4, 0.5) is 5.69 Å². The second-order valence-electron chi connectivity index (χ2n) is 5.21. The number of nitrogens with zero attached hydrogens (tertiary/aromatic N) is 2. The zero-order chi connectivity index (χ0) is 15.2. The Labute approximate surface area is 124 Å². The van der Waals surface area contributed by atoms with Gasteiger partial charge in [0.1, 0.15) is 5.92 Å². The zero-order valence-corrected chi connectivity index (χ0v) is 12.3. The summed E-state index contributed by atoms with van der Waals surface area (Å²) in [5.74, 6) is -1.20. The van der Waals surface area contributed by atoms with Gasteiger partial charge >= 0.3 is 0 Å². The van der Waals surface area contributed by atoms with Crippen LogP contribution in [0.2, 0.25) is 0 Å². The number of carbonyl (C=O) groups is 2. The van der Waals surface area contributed by atoms with Crippen LogP contribution in [0, 0.1) is 5.92 Å². The molecule has 1 aliphatic heterocycles. The number of hydrogen-bond donors (Lipinski definition) is 2. The molecule has 0 saturated carbocycles. The van der Waals surface area contributed by atoms with Crippen molar-refractivity contribution < 1.29 is 9.59 Å². The minimum atomic E-state index is -0.632. The van der Waals surface area contributed by atoms with E-state index in [2.05, 4.69) is 15.8 Å². The smallest absolute Gasteiger partial charge is 0.252 e. The fourth-order valence-corrected chi connectivity index (χ4v) is 2.13. The van der Waals surface area contributed by atoms with Crippen LogP contribution >= 0.6 is 0 Å². The summed E-state index contributed by atoms with van der Waals surface area (Å²) in [5, 5.41) is 6.59. The molecule has 1 unspecified atom stereocenters. The predicted molar refractivity (Wildman–Crippen MR) is 82.2 cm³/mol. The van der Waals surface area contributed by atoms with Crippen molar-refractivity contribution >= 4 is 23.7 Å². The molecule has 1 fully saturated rings. The minimum absolute atomic E-state index is 0.218. The van der Waals surface area contributed by atoms with Crippen molar-refractivity contribution in [2.24, 2.45) is 11.0 Å². The molecule has 2 amide bonds. The number of amides is 2. The van der Waals surface area contributed by atoms with Crippen LogP contribution < -0.4 is 15.6 Å². The van der Waals surface area contributed by atoms with E-state index in [0.717, 1.165) is 17.7 Å². The van der Waals surface area contributed by atoms with E-state index >= 15 is 0 Å². The lowest BCUT2D eigenvalue weighted by Gasteiger charge is -2.19. The van der Waals surface area contributed by atoms with Crippen molar-refractivity contribution in [2.45, 2.75) is 12.8 Å². The van der Waals surface area contributed by atoms with Gasteiger partial charge in [-0.3, -0.25) is 9.59 Å². The summed E-state index contributed by atoms with van der Waals surface area (Å²) in [6.45, 7) is 0.643. The molecule has 1 aromatic carbocycles. The summed E-state index contributed by atoms with van der Waals surface area (Å²) in [5.41, 5.74) is 4.40. The maximum Gasteiger partial charge on any atom is 0.252 e. The Balaban J connectivity index is 1.89. The molecule has 6 nitrogen and oxygen atoms in total. The number of nitrogens with one attached hydrogen (secondary N) is 2. The molecule has 1 saturated heterocycles. The standard InChI is InChI=1S/C15H20N4O2/c1-19(2)12-7-5-11(6-8-12)10-17-18-15(21)13-4-3-9-16-14(13)20/h5-8,10,13H,3-4,9H2,1-2H3,(H,16,20)(H,18,21). The fourth-order valence-electron chi connectivity index (χ4n) is 2.13. The van der Waals surface area contributed by atoms with E-state index in [0.29, 0.717) is 13.0 Å². The first-order chi connectivity index (χ1) is 10.1. The number of carbonyl (C=O) groups excluding carboxylic acids is 2. The third-order valence-corrected chi connectivity index (χ3v) is 3.40. The van der Waals surface area contributed by atoms with Crippen LogP contribution in [-0.4, -0.2) is 38.7 Å². The maximum atomic E-state index is 11.8. The lowest BCUT2D eigenvalue weighted by atomic mass is 9.98. The molecule has 2 N–H and O–H groups in total. The van der Waals surface area contributed by atoms with Crippen LogP contribution in [0.25, 0.3) is 0 Å². The number of anilines is 1. The van der Waals surface area contributed by atoms with Gasteiger partial charge in [-0.2, -0.15) is 5.10 Å².